The molecule has 0 bridgehead atoms. The van der Waals surface area contributed by atoms with Crippen molar-refractivity contribution in [1.29, 1.82) is 0 Å². The SMILES string of the molecule is CC1CCCCN1c1ncnc(Oc2cccnc2)c1[N+](=O)[O-]. The van der Waals surface area contributed by atoms with E-state index in [9.17, 15) is 10.1 Å². The minimum atomic E-state index is -0.484. The molecule has 0 radical (unpaired) electrons. The van der Waals surface area contributed by atoms with Gasteiger partial charge in [-0.15, -0.1) is 0 Å². The third kappa shape index (κ3) is 3.20. The van der Waals surface area contributed by atoms with Crippen LogP contribution in [-0.4, -0.2) is 32.5 Å². The van der Waals surface area contributed by atoms with Crippen molar-refractivity contribution in [1.82, 2.24) is 15.0 Å². The van der Waals surface area contributed by atoms with Gasteiger partial charge in [-0.05, 0) is 38.3 Å². The predicted molar refractivity (Wildman–Crippen MR) is 83.7 cm³/mol. The maximum atomic E-state index is 11.6. The Morgan fingerprint density at radius 3 is 2.96 bits per heavy atom. The molecule has 0 spiro atoms. The minimum Gasteiger partial charge on any atom is -0.432 e. The molecular weight excluding hydrogens is 298 g/mol. The summed E-state index contributed by atoms with van der Waals surface area (Å²) >= 11 is 0. The minimum absolute atomic E-state index is 0.0641. The molecule has 1 unspecified atom stereocenters. The van der Waals surface area contributed by atoms with Crippen LogP contribution in [-0.2, 0) is 0 Å². The van der Waals surface area contributed by atoms with Crippen LogP contribution in [0.2, 0.25) is 0 Å². The number of anilines is 1. The van der Waals surface area contributed by atoms with Crippen LogP contribution in [0, 0.1) is 10.1 Å². The zero-order valence-electron chi connectivity index (χ0n) is 12.8. The van der Waals surface area contributed by atoms with Crippen molar-refractivity contribution in [2.24, 2.45) is 0 Å². The molecule has 1 aliphatic rings. The highest BCUT2D eigenvalue weighted by Gasteiger charge is 2.31. The molecule has 1 saturated heterocycles. The summed E-state index contributed by atoms with van der Waals surface area (Å²) in [4.78, 5) is 25.1. The first kappa shape index (κ1) is 15.1. The van der Waals surface area contributed by atoms with E-state index in [2.05, 4.69) is 15.0 Å². The molecule has 2 aromatic rings. The molecule has 1 fully saturated rings. The van der Waals surface area contributed by atoms with E-state index >= 15 is 0 Å². The number of hydrogen-bond donors (Lipinski definition) is 0. The van der Waals surface area contributed by atoms with Crippen LogP contribution < -0.4 is 9.64 Å². The van der Waals surface area contributed by atoms with Crippen LogP contribution in [0.15, 0.2) is 30.9 Å². The van der Waals surface area contributed by atoms with E-state index in [4.69, 9.17) is 4.74 Å². The van der Waals surface area contributed by atoms with Crippen LogP contribution in [0.25, 0.3) is 0 Å². The second kappa shape index (κ2) is 6.55. The number of rotatable bonds is 4. The number of ether oxygens (including phenoxy) is 1. The van der Waals surface area contributed by atoms with Gasteiger partial charge in [-0.3, -0.25) is 15.1 Å². The molecule has 0 aromatic carbocycles. The van der Waals surface area contributed by atoms with Crippen LogP contribution in [0.4, 0.5) is 11.5 Å². The first-order valence-electron chi connectivity index (χ1n) is 7.50. The third-order valence-electron chi connectivity index (χ3n) is 3.88. The number of aromatic nitrogens is 3. The summed E-state index contributed by atoms with van der Waals surface area (Å²) in [6.45, 7) is 2.79. The summed E-state index contributed by atoms with van der Waals surface area (Å²) < 4.78 is 5.56. The summed E-state index contributed by atoms with van der Waals surface area (Å²) in [6, 6.07) is 3.56. The Morgan fingerprint density at radius 1 is 1.39 bits per heavy atom. The summed E-state index contributed by atoms with van der Waals surface area (Å²) in [5.74, 6) is 0.647. The monoisotopic (exact) mass is 315 g/mol. The largest absolute Gasteiger partial charge is 0.432 e. The smallest absolute Gasteiger partial charge is 0.373 e. The lowest BCUT2D eigenvalue weighted by molar-refractivity contribution is -0.385. The molecule has 23 heavy (non-hydrogen) atoms. The Labute approximate surface area is 133 Å². The van der Waals surface area contributed by atoms with Gasteiger partial charge in [-0.2, -0.15) is 4.98 Å². The Bertz CT molecular complexity index is 695. The van der Waals surface area contributed by atoms with Crippen LogP contribution >= 0.6 is 0 Å². The summed E-state index contributed by atoms with van der Waals surface area (Å²) in [6.07, 6.45) is 7.48. The first-order valence-corrected chi connectivity index (χ1v) is 7.50. The number of nitro groups is 1. The third-order valence-corrected chi connectivity index (χ3v) is 3.88. The van der Waals surface area contributed by atoms with E-state index in [1.54, 1.807) is 18.3 Å². The van der Waals surface area contributed by atoms with Gasteiger partial charge in [0.25, 0.3) is 0 Å². The molecule has 0 amide bonds. The van der Waals surface area contributed by atoms with Gasteiger partial charge in [0.2, 0.25) is 5.82 Å². The van der Waals surface area contributed by atoms with Crippen molar-refractivity contribution >= 4 is 11.5 Å². The zero-order valence-corrected chi connectivity index (χ0v) is 12.8. The van der Waals surface area contributed by atoms with Gasteiger partial charge in [0.15, 0.2) is 0 Å². The van der Waals surface area contributed by atoms with Crippen molar-refractivity contribution in [3.63, 3.8) is 0 Å². The lowest BCUT2D eigenvalue weighted by Gasteiger charge is -2.33. The van der Waals surface area contributed by atoms with Crippen molar-refractivity contribution in [2.45, 2.75) is 32.2 Å². The van der Waals surface area contributed by atoms with Gasteiger partial charge in [-0.25, -0.2) is 4.98 Å². The fourth-order valence-electron chi connectivity index (χ4n) is 2.73. The van der Waals surface area contributed by atoms with Gasteiger partial charge in [0, 0.05) is 18.8 Å². The topological polar surface area (TPSA) is 94.3 Å². The fourth-order valence-corrected chi connectivity index (χ4v) is 2.73. The van der Waals surface area contributed by atoms with E-state index in [1.807, 2.05) is 11.8 Å². The standard InChI is InChI=1S/C15H17N5O3/c1-11-5-2-3-8-19(11)14-13(20(21)22)15(18-10-17-14)23-12-6-4-7-16-9-12/h4,6-7,9-11H,2-3,5,8H2,1H3. The molecule has 3 rings (SSSR count). The van der Waals surface area contributed by atoms with Gasteiger partial charge < -0.3 is 9.64 Å². The summed E-state index contributed by atoms with van der Waals surface area (Å²) in [7, 11) is 0. The number of hydrogen-bond acceptors (Lipinski definition) is 7. The average molecular weight is 315 g/mol. The molecular formula is C15H17N5O3. The first-order chi connectivity index (χ1) is 11.2. The number of piperidine rings is 1. The van der Waals surface area contributed by atoms with E-state index < -0.39 is 4.92 Å². The highest BCUT2D eigenvalue weighted by Crippen LogP contribution is 2.37. The van der Waals surface area contributed by atoms with Crippen LogP contribution in [0.1, 0.15) is 26.2 Å². The van der Waals surface area contributed by atoms with Gasteiger partial charge in [0.05, 0.1) is 11.1 Å². The van der Waals surface area contributed by atoms with E-state index in [1.165, 1.54) is 12.5 Å². The summed E-state index contributed by atoms with van der Waals surface area (Å²) in [5, 5.41) is 11.6. The Kier molecular flexibility index (Phi) is 4.31. The predicted octanol–water partition coefficient (Wildman–Crippen LogP) is 2.95. The maximum absolute atomic E-state index is 11.6. The Hall–Kier alpha value is -2.77. The quantitative estimate of drug-likeness (QED) is 0.632. The highest BCUT2D eigenvalue weighted by molar-refractivity contribution is 5.63. The van der Waals surface area contributed by atoms with Crippen LogP contribution in [0.5, 0.6) is 11.6 Å². The zero-order chi connectivity index (χ0) is 16.2. The van der Waals surface area contributed by atoms with Gasteiger partial charge >= 0.3 is 11.6 Å². The molecule has 120 valence electrons. The normalized spacial score (nSPS) is 17.8. The second-order valence-corrected chi connectivity index (χ2v) is 5.44. The number of nitrogens with zero attached hydrogens (tertiary/aromatic N) is 5. The van der Waals surface area contributed by atoms with Crippen molar-refractivity contribution in [2.75, 3.05) is 11.4 Å². The van der Waals surface area contributed by atoms with Gasteiger partial charge in [0.1, 0.15) is 12.1 Å². The molecule has 8 nitrogen and oxygen atoms in total. The molecule has 8 heteroatoms. The van der Waals surface area contributed by atoms with Crippen molar-refractivity contribution in [3.8, 4) is 11.6 Å². The average Bonchev–Trinajstić information content (AvgIpc) is 2.56. The maximum Gasteiger partial charge on any atom is 0.373 e. The molecule has 0 saturated carbocycles. The van der Waals surface area contributed by atoms with E-state index in [0.717, 1.165) is 25.8 Å². The lowest BCUT2D eigenvalue weighted by atomic mass is 10.0. The molecule has 3 heterocycles. The fraction of sp³-hybridized carbons (Fsp3) is 0.400. The molecule has 1 aliphatic heterocycles. The lowest BCUT2D eigenvalue weighted by Crippen LogP contribution is -2.38. The Morgan fingerprint density at radius 2 is 2.26 bits per heavy atom. The highest BCUT2D eigenvalue weighted by atomic mass is 16.6. The summed E-state index contributed by atoms with van der Waals surface area (Å²) in [5.41, 5.74) is -0.204. The Balaban J connectivity index is 2.00. The van der Waals surface area contributed by atoms with E-state index in [0.29, 0.717) is 11.6 Å². The second-order valence-electron chi connectivity index (χ2n) is 5.44. The molecule has 0 N–H and O–H groups in total. The van der Waals surface area contributed by atoms with Gasteiger partial charge in [-0.1, -0.05) is 0 Å². The molecule has 2 aromatic heterocycles. The van der Waals surface area contributed by atoms with Crippen molar-refractivity contribution in [3.05, 3.63) is 41.0 Å². The van der Waals surface area contributed by atoms with Crippen LogP contribution in [0.3, 0.4) is 0 Å². The molecule has 0 aliphatic carbocycles. The molecule has 1 atom stereocenters. The number of pyridine rings is 1. The van der Waals surface area contributed by atoms with E-state index in [-0.39, 0.29) is 17.6 Å². The van der Waals surface area contributed by atoms with Crippen molar-refractivity contribution < 1.29 is 9.66 Å².